The summed E-state index contributed by atoms with van der Waals surface area (Å²) in [5.41, 5.74) is 0. The molecule has 0 saturated heterocycles. The fraction of sp³-hybridized carbons (Fsp3) is 0.905. The summed E-state index contributed by atoms with van der Waals surface area (Å²) in [7, 11) is 0. The Kier molecular flexibility index (Phi) is 24.5. The Bertz CT molecular complexity index is 319. The number of aliphatic hydroxyl groups is 1. The van der Waals surface area contributed by atoms with Crippen molar-refractivity contribution in [1.82, 2.24) is 0 Å². The van der Waals surface area contributed by atoms with Gasteiger partial charge in [0, 0.05) is 0 Å². The van der Waals surface area contributed by atoms with E-state index in [1.165, 1.54) is 89.9 Å². The number of carboxylic acids is 1. The first kappa shape index (κ1) is 27.9. The Labute approximate surface area is 171 Å². The van der Waals surface area contributed by atoms with Crippen LogP contribution >= 0.6 is 0 Å². The van der Waals surface area contributed by atoms with Crippen LogP contribution in [0.15, 0.2) is 0 Å². The molecule has 0 aromatic heterocycles. The quantitative estimate of drug-likeness (QED) is 0.278. The van der Waals surface area contributed by atoms with Crippen LogP contribution in [0.3, 0.4) is 0 Å². The topological polar surface area (TPSA) is 77.4 Å². The third kappa shape index (κ3) is 28.5. The molecule has 0 aliphatic carbocycles. The predicted molar refractivity (Wildman–Crippen MR) is 101 cm³/mol. The summed E-state index contributed by atoms with van der Waals surface area (Å²) < 4.78 is 0.472. The molecule has 0 aliphatic heterocycles. The number of carbonyl (C=O) groups excluding carboxylic acids is 2. The van der Waals surface area contributed by atoms with Gasteiger partial charge in [-0.15, -0.1) is 0 Å². The molecule has 0 spiro atoms. The second kappa shape index (κ2) is 22.8. The van der Waals surface area contributed by atoms with Crippen molar-refractivity contribution in [1.29, 1.82) is 0 Å². The molecule has 0 aromatic carbocycles. The molecule has 150 valence electrons. The summed E-state index contributed by atoms with van der Waals surface area (Å²) in [5.74, 6) is -1.44. The van der Waals surface area contributed by atoms with Gasteiger partial charge < -0.3 is 15.0 Å². The van der Waals surface area contributed by atoms with Crippen molar-refractivity contribution in [3.63, 3.8) is 0 Å². The van der Waals surface area contributed by atoms with E-state index in [0.29, 0.717) is 4.38 Å². The zero-order chi connectivity index (χ0) is 20.0. The van der Waals surface area contributed by atoms with Crippen molar-refractivity contribution in [2.24, 2.45) is 0 Å². The van der Waals surface area contributed by atoms with Crippen molar-refractivity contribution in [2.75, 3.05) is 0 Å². The molecule has 1 unspecified atom stereocenters. The maximum atomic E-state index is 10.8. The van der Waals surface area contributed by atoms with Gasteiger partial charge in [0.1, 0.15) is 0 Å². The van der Waals surface area contributed by atoms with E-state index < -0.39 is 12.1 Å². The second-order valence-corrected chi connectivity index (χ2v) is 8.89. The number of carboxylic acid groups (broad SMARTS) is 1. The van der Waals surface area contributed by atoms with Crippen LogP contribution in [0.4, 0.5) is 0 Å². The van der Waals surface area contributed by atoms with Crippen LogP contribution in [0.2, 0.25) is 0 Å². The molecule has 0 radical (unpaired) electrons. The SMILES string of the molecule is CC(O)C(=O)[O-].CCCCCCCCCCCCCCCCC[C](=O)[Zn+]. The summed E-state index contributed by atoms with van der Waals surface area (Å²) >= 11 is 0.846. The normalized spacial score (nSPS) is 11.6. The minimum atomic E-state index is -1.44. The predicted octanol–water partition coefficient (Wildman–Crippen LogP) is 4.44. The van der Waals surface area contributed by atoms with Gasteiger partial charge in [-0.3, -0.25) is 0 Å². The number of carbonyl (C=O) groups is 2. The van der Waals surface area contributed by atoms with E-state index in [-0.39, 0.29) is 0 Å². The van der Waals surface area contributed by atoms with Crippen LogP contribution in [-0.2, 0) is 27.9 Å². The summed E-state index contributed by atoms with van der Waals surface area (Å²) in [4.78, 5) is 20.2. The summed E-state index contributed by atoms with van der Waals surface area (Å²) in [5, 5.41) is 17.3. The summed E-state index contributed by atoms with van der Waals surface area (Å²) in [6.45, 7) is 3.42. The third-order valence-corrected chi connectivity index (χ3v) is 5.14. The zero-order valence-electron chi connectivity index (χ0n) is 17.3. The Morgan fingerprint density at radius 3 is 1.27 bits per heavy atom. The monoisotopic (exact) mass is 420 g/mol. The van der Waals surface area contributed by atoms with Gasteiger partial charge in [-0.05, 0) is 6.92 Å². The standard InChI is InChI=1S/C18H35O.C3H6O3.Zn/c1-2-3-4-5-6-7-8-9-10-11-12-13-14-15-16-17-18-19;1-2(4)3(5)6;/h2-17H2,1H3;2,4H,1H3,(H,5,6);/q;;+1/p-1. The number of unbranched alkanes of at least 4 members (excludes halogenated alkanes) is 14. The molecular weight excluding hydrogens is 382 g/mol. The zero-order valence-corrected chi connectivity index (χ0v) is 20.2. The van der Waals surface area contributed by atoms with Gasteiger partial charge in [0.25, 0.3) is 0 Å². The summed E-state index contributed by atoms with van der Waals surface area (Å²) in [6, 6.07) is 0. The average Bonchev–Trinajstić information content (AvgIpc) is 2.58. The van der Waals surface area contributed by atoms with Crippen molar-refractivity contribution in [3.8, 4) is 0 Å². The molecule has 5 heteroatoms. The molecule has 0 bridgehead atoms. The van der Waals surface area contributed by atoms with E-state index in [2.05, 4.69) is 6.92 Å². The number of hydrogen-bond acceptors (Lipinski definition) is 4. The maximum absolute atomic E-state index is 10.8. The van der Waals surface area contributed by atoms with Gasteiger partial charge in [-0.2, -0.15) is 0 Å². The molecular formula is C21H40O4Zn. The van der Waals surface area contributed by atoms with Gasteiger partial charge in [0.15, 0.2) is 0 Å². The number of aliphatic hydroxyl groups excluding tert-OH is 1. The third-order valence-electron chi connectivity index (χ3n) is 4.40. The molecule has 0 heterocycles. The van der Waals surface area contributed by atoms with Gasteiger partial charge in [0.2, 0.25) is 0 Å². The molecule has 4 nitrogen and oxygen atoms in total. The average molecular weight is 422 g/mol. The van der Waals surface area contributed by atoms with E-state index >= 15 is 0 Å². The molecule has 0 aromatic rings. The van der Waals surface area contributed by atoms with E-state index in [1.54, 1.807) is 0 Å². The van der Waals surface area contributed by atoms with E-state index in [1.807, 2.05) is 0 Å². The van der Waals surface area contributed by atoms with Gasteiger partial charge in [-0.1, -0.05) is 39.0 Å². The minimum absolute atomic E-state index is 0.472. The Hall–Kier alpha value is -0.277. The number of aliphatic carboxylic acids is 1. The van der Waals surface area contributed by atoms with Crippen LogP contribution < -0.4 is 5.11 Å². The Morgan fingerprint density at radius 1 is 0.769 bits per heavy atom. The van der Waals surface area contributed by atoms with Gasteiger partial charge >= 0.3 is 98.1 Å². The first-order valence-corrected chi connectivity index (χ1v) is 12.1. The Morgan fingerprint density at radius 2 is 1.04 bits per heavy atom. The fourth-order valence-electron chi connectivity index (χ4n) is 2.69. The molecule has 1 N–H and O–H groups in total. The van der Waals surface area contributed by atoms with Crippen LogP contribution in [0.25, 0.3) is 0 Å². The van der Waals surface area contributed by atoms with Gasteiger partial charge in [-0.25, -0.2) is 0 Å². The van der Waals surface area contributed by atoms with E-state index in [4.69, 9.17) is 5.11 Å². The molecule has 0 aliphatic rings. The van der Waals surface area contributed by atoms with Crippen LogP contribution in [0, 0.1) is 0 Å². The van der Waals surface area contributed by atoms with Crippen LogP contribution in [-0.4, -0.2) is 21.6 Å². The van der Waals surface area contributed by atoms with E-state index in [0.717, 1.165) is 38.1 Å². The van der Waals surface area contributed by atoms with Gasteiger partial charge in [0.05, 0.1) is 12.1 Å². The Balaban J connectivity index is 0. The number of hydrogen-bond donors (Lipinski definition) is 1. The summed E-state index contributed by atoms with van der Waals surface area (Å²) in [6.07, 6.45) is 20.4. The van der Waals surface area contributed by atoms with Crippen molar-refractivity contribution in [2.45, 2.75) is 123 Å². The molecule has 0 amide bonds. The first-order valence-electron chi connectivity index (χ1n) is 10.7. The van der Waals surface area contributed by atoms with Crippen molar-refractivity contribution < 1.29 is 38.1 Å². The van der Waals surface area contributed by atoms with Crippen LogP contribution in [0.5, 0.6) is 0 Å². The second-order valence-electron chi connectivity index (χ2n) is 7.23. The molecule has 26 heavy (non-hydrogen) atoms. The first-order chi connectivity index (χ1) is 12.4. The molecule has 1 atom stereocenters. The molecule has 0 rings (SSSR count). The fourth-order valence-corrected chi connectivity index (χ4v) is 3.22. The molecule has 0 saturated carbocycles. The van der Waals surface area contributed by atoms with E-state index in [9.17, 15) is 14.7 Å². The van der Waals surface area contributed by atoms with Crippen LogP contribution in [0.1, 0.15) is 117 Å². The molecule has 0 fully saturated rings. The number of rotatable bonds is 17. The van der Waals surface area contributed by atoms with Crippen molar-refractivity contribution in [3.05, 3.63) is 0 Å². The van der Waals surface area contributed by atoms with Crippen molar-refractivity contribution >= 4 is 10.3 Å².